The molecule has 2 aromatic carbocycles. The number of hydrogen-bond donors (Lipinski definition) is 0. The van der Waals surface area contributed by atoms with Gasteiger partial charge < -0.3 is 4.74 Å². The lowest BCUT2D eigenvalue weighted by Crippen LogP contribution is -2.44. The Morgan fingerprint density at radius 1 is 1.07 bits per heavy atom. The molecule has 144 valence electrons. The van der Waals surface area contributed by atoms with Gasteiger partial charge in [0.15, 0.2) is 12.8 Å². The molecule has 1 aliphatic rings. The van der Waals surface area contributed by atoms with E-state index in [1.54, 1.807) is 43.9 Å². The van der Waals surface area contributed by atoms with Crippen molar-refractivity contribution in [2.45, 2.75) is 32.5 Å². The minimum absolute atomic E-state index is 0.172. The molecule has 0 atom stereocenters. The lowest BCUT2D eigenvalue weighted by molar-refractivity contribution is -0.440. The fourth-order valence-corrected chi connectivity index (χ4v) is 3.10. The number of rotatable bonds is 1. The Kier molecular flexibility index (Phi) is 4.88. The molecule has 3 rings (SSSR count). The third kappa shape index (κ3) is 4.23. The molecular formula is C20H22F3N2O2+. The van der Waals surface area contributed by atoms with Gasteiger partial charge in [0, 0.05) is 11.5 Å². The molecule has 0 bridgehead atoms. The van der Waals surface area contributed by atoms with E-state index in [0.717, 1.165) is 6.07 Å². The topological polar surface area (TPSA) is 32.5 Å². The highest BCUT2D eigenvalue weighted by Crippen LogP contribution is 2.38. The first-order valence-electron chi connectivity index (χ1n) is 8.73. The average Bonchev–Trinajstić information content (AvgIpc) is 2.58. The van der Waals surface area contributed by atoms with Gasteiger partial charge in [0.25, 0.3) is 0 Å². The van der Waals surface area contributed by atoms with E-state index in [1.807, 2.05) is 10.8 Å². The van der Waals surface area contributed by atoms with Gasteiger partial charge in [-0.3, -0.25) is 4.90 Å². The minimum atomic E-state index is -4.41. The molecular weight excluding hydrogens is 357 g/mol. The van der Waals surface area contributed by atoms with Crippen LogP contribution < -0.4 is 0 Å². The third-order valence-corrected chi connectivity index (χ3v) is 4.30. The molecule has 0 fully saturated rings. The number of benzene rings is 2. The summed E-state index contributed by atoms with van der Waals surface area (Å²) in [5, 5.41) is 0.708. The Bertz CT molecular complexity index is 898. The summed E-state index contributed by atoms with van der Waals surface area (Å²) in [6.45, 7) is 6.66. The number of alkyl halides is 3. The summed E-state index contributed by atoms with van der Waals surface area (Å²) < 4.78 is 47.1. The number of halogens is 3. The second kappa shape index (κ2) is 6.87. The maximum absolute atomic E-state index is 13.3. The molecule has 1 amide bonds. The van der Waals surface area contributed by atoms with Crippen molar-refractivity contribution in [2.75, 3.05) is 19.6 Å². The maximum atomic E-state index is 13.3. The molecule has 0 N–H and O–H groups in total. The fourth-order valence-electron chi connectivity index (χ4n) is 3.10. The van der Waals surface area contributed by atoms with Crippen LogP contribution in [0.5, 0.6) is 0 Å². The Hall–Kier alpha value is -2.57. The monoisotopic (exact) mass is 379 g/mol. The molecule has 27 heavy (non-hydrogen) atoms. The van der Waals surface area contributed by atoms with E-state index in [-0.39, 0.29) is 5.39 Å². The number of ether oxygens (including phenoxy) is 1. The van der Waals surface area contributed by atoms with Crippen LogP contribution in [-0.4, -0.2) is 47.0 Å². The van der Waals surface area contributed by atoms with Crippen LogP contribution >= 0.6 is 0 Å². The van der Waals surface area contributed by atoms with Crippen molar-refractivity contribution in [3.05, 3.63) is 42.0 Å². The van der Waals surface area contributed by atoms with Gasteiger partial charge in [-0.15, -0.1) is 0 Å². The van der Waals surface area contributed by atoms with E-state index in [1.165, 1.54) is 12.1 Å². The van der Waals surface area contributed by atoms with Crippen LogP contribution in [0.25, 0.3) is 10.8 Å². The minimum Gasteiger partial charge on any atom is -0.444 e. The molecule has 0 radical (unpaired) electrons. The van der Waals surface area contributed by atoms with E-state index in [0.29, 0.717) is 30.7 Å². The molecule has 0 unspecified atom stereocenters. The summed E-state index contributed by atoms with van der Waals surface area (Å²) in [4.78, 5) is 13.7. The summed E-state index contributed by atoms with van der Waals surface area (Å²) in [5.74, 6) is 0. The molecule has 0 spiro atoms. The largest absolute Gasteiger partial charge is 0.444 e. The molecule has 0 saturated heterocycles. The first kappa shape index (κ1) is 19.2. The average molecular weight is 379 g/mol. The number of hydrogen-bond acceptors (Lipinski definition) is 2. The van der Waals surface area contributed by atoms with Crippen LogP contribution in [-0.2, 0) is 10.9 Å². The van der Waals surface area contributed by atoms with E-state index < -0.39 is 23.4 Å². The highest BCUT2D eigenvalue weighted by atomic mass is 19.4. The van der Waals surface area contributed by atoms with Gasteiger partial charge >= 0.3 is 12.3 Å². The fraction of sp³-hybridized carbons (Fsp3) is 0.400. The van der Waals surface area contributed by atoms with Gasteiger partial charge in [-0.1, -0.05) is 18.2 Å². The van der Waals surface area contributed by atoms with Crippen molar-refractivity contribution >= 4 is 28.8 Å². The van der Waals surface area contributed by atoms with Crippen LogP contribution in [0.3, 0.4) is 0 Å². The number of carbonyl (C=O) groups excluding carboxylic acids is 1. The van der Waals surface area contributed by atoms with Crippen molar-refractivity contribution < 1.29 is 27.3 Å². The zero-order valence-corrected chi connectivity index (χ0v) is 15.5. The second-order valence-corrected chi connectivity index (χ2v) is 7.48. The molecule has 0 saturated carbocycles. The van der Waals surface area contributed by atoms with Crippen molar-refractivity contribution in [2.24, 2.45) is 0 Å². The summed E-state index contributed by atoms with van der Waals surface area (Å²) in [7, 11) is 0. The molecule has 4 nitrogen and oxygen atoms in total. The molecule has 7 heteroatoms. The van der Waals surface area contributed by atoms with E-state index in [2.05, 4.69) is 0 Å². The van der Waals surface area contributed by atoms with Gasteiger partial charge in [0.05, 0.1) is 17.5 Å². The number of fused-ring (bicyclic) bond motifs is 1. The Balaban J connectivity index is 1.90. The Morgan fingerprint density at radius 3 is 2.30 bits per heavy atom. The molecule has 0 aromatic heterocycles. The van der Waals surface area contributed by atoms with Crippen molar-refractivity contribution in [3.63, 3.8) is 0 Å². The summed E-state index contributed by atoms with van der Waals surface area (Å²) in [6.07, 6.45) is -2.99. The second-order valence-electron chi connectivity index (χ2n) is 7.48. The Morgan fingerprint density at radius 2 is 1.74 bits per heavy atom. The first-order chi connectivity index (χ1) is 12.6. The smallest absolute Gasteiger partial charge is 0.417 e. The van der Waals surface area contributed by atoms with Crippen molar-refractivity contribution in [1.29, 1.82) is 0 Å². The molecule has 2 aromatic rings. The normalized spacial score (nSPS) is 15.6. The zero-order valence-electron chi connectivity index (χ0n) is 15.5. The van der Waals surface area contributed by atoms with Crippen LogP contribution in [0.1, 0.15) is 26.3 Å². The highest BCUT2D eigenvalue weighted by Gasteiger charge is 2.34. The zero-order chi connectivity index (χ0) is 19.8. The quantitative estimate of drug-likeness (QED) is 0.665. The van der Waals surface area contributed by atoms with E-state index in [4.69, 9.17) is 4.74 Å². The van der Waals surface area contributed by atoms with Crippen LogP contribution in [0.2, 0.25) is 0 Å². The standard InChI is InChI=1S/C20H22F3N2O2/c1-19(2,3)27-18(26)25-12-10-24(11-13-25)17-9-8-16(20(21,22)23)14-6-4-5-7-15(14)17/h4-10H,11-13H2,1-3H3/q+1. The number of carbonyl (C=O) groups is 1. The molecule has 0 aliphatic carbocycles. The van der Waals surface area contributed by atoms with Gasteiger partial charge in [0.2, 0.25) is 5.69 Å². The predicted octanol–water partition coefficient (Wildman–Crippen LogP) is 4.82. The van der Waals surface area contributed by atoms with Crippen LogP contribution in [0, 0.1) is 0 Å². The summed E-state index contributed by atoms with van der Waals surface area (Å²) in [5.41, 5.74) is -0.519. The van der Waals surface area contributed by atoms with E-state index in [9.17, 15) is 18.0 Å². The van der Waals surface area contributed by atoms with Gasteiger partial charge in [-0.05, 0) is 32.9 Å². The van der Waals surface area contributed by atoms with Gasteiger partial charge in [-0.25, -0.2) is 4.79 Å². The Labute approximate surface area is 155 Å². The predicted molar refractivity (Wildman–Crippen MR) is 97.6 cm³/mol. The SMILES string of the molecule is CC(C)(C)OC(=O)N1CC=[N+](c2ccc(C(F)(F)F)c3ccccc23)CC1. The van der Waals surface area contributed by atoms with Crippen molar-refractivity contribution in [3.8, 4) is 0 Å². The lowest BCUT2D eigenvalue weighted by atomic mass is 10.0. The van der Waals surface area contributed by atoms with Gasteiger partial charge in [0.1, 0.15) is 12.1 Å². The summed E-state index contributed by atoms with van der Waals surface area (Å²) in [6, 6.07) is 9.11. The third-order valence-electron chi connectivity index (χ3n) is 4.30. The van der Waals surface area contributed by atoms with Crippen LogP contribution in [0.4, 0.5) is 23.7 Å². The van der Waals surface area contributed by atoms with Crippen LogP contribution in [0.15, 0.2) is 36.4 Å². The molecule has 1 aliphatic heterocycles. The highest BCUT2D eigenvalue weighted by molar-refractivity contribution is 5.94. The van der Waals surface area contributed by atoms with E-state index >= 15 is 0 Å². The number of amides is 1. The summed E-state index contributed by atoms with van der Waals surface area (Å²) >= 11 is 0. The van der Waals surface area contributed by atoms with Crippen molar-refractivity contribution in [1.82, 2.24) is 4.90 Å². The maximum Gasteiger partial charge on any atom is 0.417 e. The lowest BCUT2D eigenvalue weighted by Gasteiger charge is -2.27. The molecule has 1 heterocycles. The first-order valence-corrected chi connectivity index (χ1v) is 8.73. The van der Waals surface area contributed by atoms with Gasteiger partial charge in [-0.2, -0.15) is 17.7 Å². The number of nitrogens with zero attached hydrogens (tertiary/aromatic N) is 2.